The fraction of sp³-hybridized carbons (Fsp3) is 0.562. The van der Waals surface area contributed by atoms with Gasteiger partial charge in [0.25, 0.3) is 0 Å². The van der Waals surface area contributed by atoms with Crippen molar-refractivity contribution >= 4 is 6.03 Å². The molecule has 1 aromatic rings. The van der Waals surface area contributed by atoms with Crippen molar-refractivity contribution in [1.29, 1.82) is 0 Å². The van der Waals surface area contributed by atoms with Crippen LogP contribution < -0.4 is 5.48 Å². The highest BCUT2D eigenvalue weighted by Crippen LogP contribution is 2.34. The first-order valence-corrected chi connectivity index (χ1v) is 7.63. The largest absolute Gasteiger partial charge is 0.350 e. The van der Waals surface area contributed by atoms with Crippen LogP contribution in [0.2, 0.25) is 0 Å². The van der Waals surface area contributed by atoms with E-state index in [4.69, 9.17) is 9.57 Å². The predicted molar refractivity (Wildman–Crippen MR) is 78.5 cm³/mol. The number of nitrogens with one attached hydrogen (secondary N) is 1. The summed E-state index contributed by atoms with van der Waals surface area (Å²) in [6.45, 7) is 0.701. The Hall–Kier alpha value is -1.59. The number of hydroxylamine groups is 1. The molecule has 1 N–H and O–H groups in total. The molecule has 0 spiro atoms. The highest BCUT2D eigenvalue weighted by atomic mass is 16.8. The highest BCUT2D eigenvalue weighted by Gasteiger charge is 2.28. The number of fused-ring (bicyclic) bond motifs is 1. The quantitative estimate of drug-likeness (QED) is 0.871. The number of hydrogen-bond acceptors (Lipinski definition) is 3. The van der Waals surface area contributed by atoms with Crippen molar-refractivity contribution in [2.24, 2.45) is 0 Å². The van der Waals surface area contributed by atoms with Gasteiger partial charge in [-0.15, -0.1) is 0 Å². The molecule has 0 bridgehead atoms. The van der Waals surface area contributed by atoms with E-state index in [0.29, 0.717) is 6.61 Å². The Kier molecular flexibility index (Phi) is 4.41. The molecular weight excluding hydrogens is 268 g/mol. The predicted octanol–water partition coefficient (Wildman–Crippen LogP) is 2.77. The summed E-state index contributed by atoms with van der Waals surface area (Å²) in [6, 6.07) is 8.21. The molecule has 3 rings (SSSR count). The Bertz CT molecular complexity index is 500. The molecule has 2 aliphatic rings. The number of benzene rings is 1. The van der Waals surface area contributed by atoms with Gasteiger partial charge in [0.05, 0.1) is 6.04 Å². The molecule has 0 unspecified atom stereocenters. The molecule has 1 aliphatic carbocycles. The fourth-order valence-electron chi connectivity index (χ4n) is 3.07. The molecule has 2 amide bonds. The first-order valence-electron chi connectivity index (χ1n) is 7.63. The fourth-order valence-corrected chi connectivity index (χ4v) is 3.07. The van der Waals surface area contributed by atoms with Crippen LogP contribution in [0.25, 0.3) is 0 Å². The number of nitrogens with zero attached hydrogens (tertiary/aromatic N) is 1. The van der Waals surface area contributed by atoms with Crippen molar-refractivity contribution < 1.29 is 14.4 Å². The maximum absolute atomic E-state index is 12.2. The molecule has 1 aliphatic heterocycles. The van der Waals surface area contributed by atoms with Crippen LogP contribution in [0.3, 0.4) is 0 Å². The van der Waals surface area contributed by atoms with E-state index in [2.05, 4.69) is 17.6 Å². The minimum absolute atomic E-state index is 0.122. The molecule has 21 heavy (non-hydrogen) atoms. The minimum Gasteiger partial charge on any atom is -0.350 e. The van der Waals surface area contributed by atoms with Gasteiger partial charge in [-0.1, -0.05) is 24.3 Å². The minimum atomic E-state index is -0.313. The van der Waals surface area contributed by atoms with Gasteiger partial charge in [0.2, 0.25) is 0 Å². The summed E-state index contributed by atoms with van der Waals surface area (Å²) in [5.74, 6) is 0. The number of ether oxygens (including phenoxy) is 1. The molecule has 5 nitrogen and oxygen atoms in total. The molecule has 1 heterocycles. The third kappa shape index (κ3) is 3.19. The zero-order valence-corrected chi connectivity index (χ0v) is 12.4. The van der Waals surface area contributed by atoms with Gasteiger partial charge < -0.3 is 9.64 Å². The van der Waals surface area contributed by atoms with E-state index in [-0.39, 0.29) is 18.4 Å². The summed E-state index contributed by atoms with van der Waals surface area (Å²) in [5.41, 5.74) is 5.09. The van der Waals surface area contributed by atoms with Crippen LogP contribution in [0.4, 0.5) is 4.79 Å². The van der Waals surface area contributed by atoms with Crippen molar-refractivity contribution in [1.82, 2.24) is 10.4 Å². The van der Waals surface area contributed by atoms with Crippen molar-refractivity contribution in [3.8, 4) is 0 Å². The van der Waals surface area contributed by atoms with E-state index in [0.717, 1.165) is 32.1 Å². The summed E-state index contributed by atoms with van der Waals surface area (Å²) < 4.78 is 5.43. The van der Waals surface area contributed by atoms with Crippen LogP contribution in [0.5, 0.6) is 0 Å². The lowest BCUT2D eigenvalue weighted by Gasteiger charge is -2.27. The Labute approximate surface area is 125 Å². The summed E-state index contributed by atoms with van der Waals surface area (Å²) in [5, 5.41) is 0. The zero-order valence-electron chi connectivity index (χ0n) is 12.4. The van der Waals surface area contributed by atoms with Gasteiger partial charge in [-0.2, -0.15) is 0 Å². The summed E-state index contributed by atoms with van der Waals surface area (Å²) >= 11 is 0. The number of hydrogen-bond donors (Lipinski definition) is 1. The smallest absolute Gasteiger partial charge is 0.341 e. The first kappa shape index (κ1) is 14.4. The van der Waals surface area contributed by atoms with Gasteiger partial charge in [-0.25, -0.2) is 15.1 Å². The molecule has 0 saturated carbocycles. The van der Waals surface area contributed by atoms with Crippen LogP contribution in [0.1, 0.15) is 42.9 Å². The number of aryl methyl sites for hydroxylation is 1. The molecule has 5 heteroatoms. The monoisotopic (exact) mass is 290 g/mol. The summed E-state index contributed by atoms with van der Waals surface area (Å²) in [6.07, 6.45) is 4.63. The topological polar surface area (TPSA) is 50.8 Å². The SMILES string of the molecule is CN(C(=O)NO[C@@H]1CCCCO1)[C@H]1CCc2ccccc21. The number of carbonyl (C=O) groups excluding carboxylic acids is 1. The van der Waals surface area contributed by atoms with Gasteiger partial charge in [0.1, 0.15) is 0 Å². The maximum Gasteiger partial charge on any atom is 0.341 e. The first-order chi connectivity index (χ1) is 10.3. The Balaban J connectivity index is 1.55. The van der Waals surface area contributed by atoms with E-state index in [9.17, 15) is 4.79 Å². The molecule has 0 aromatic heterocycles. The number of rotatable bonds is 3. The molecule has 1 fully saturated rings. The van der Waals surface area contributed by atoms with Crippen molar-refractivity contribution in [3.05, 3.63) is 35.4 Å². The van der Waals surface area contributed by atoms with Gasteiger partial charge >= 0.3 is 6.03 Å². The van der Waals surface area contributed by atoms with Gasteiger partial charge in [0, 0.05) is 20.1 Å². The molecule has 0 radical (unpaired) electrons. The average Bonchev–Trinajstić information content (AvgIpc) is 2.97. The summed E-state index contributed by atoms with van der Waals surface area (Å²) in [7, 11) is 1.81. The van der Waals surface area contributed by atoms with E-state index < -0.39 is 0 Å². The molecule has 1 aromatic carbocycles. The highest BCUT2D eigenvalue weighted by molar-refractivity contribution is 5.73. The van der Waals surface area contributed by atoms with Gasteiger partial charge in [0.15, 0.2) is 6.29 Å². The van der Waals surface area contributed by atoms with E-state index >= 15 is 0 Å². The average molecular weight is 290 g/mol. The van der Waals surface area contributed by atoms with E-state index in [1.165, 1.54) is 11.1 Å². The lowest BCUT2D eigenvalue weighted by molar-refractivity contribution is -0.187. The lowest BCUT2D eigenvalue weighted by atomic mass is 10.1. The second-order valence-electron chi connectivity index (χ2n) is 5.69. The van der Waals surface area contributed by atoms with Crippen molar-refractivity contribution in [3.63, 3.8) is 0 Å². The normalized spacial score (nSPS) is 24.4. The Morgan fingerprint density at radius 1 is 1.33 bits per heavy atom. The Morgan fingerprint density at radius 3 is 3.00 bits per heavy atom. The molecule has 1 saturated heterocycles. The van der Waals surface area contributed by atoms with Crippen molar-refractivity contribution in [2.75, 3.05) is 13.7 Å². The third-order valence-corrected chi connectivity index (χ3v) is 4.30. The third-order valence-electron chi connectivity index (χ3n) is 4.30. The van der Waals surface area contributed by atoms with Gasteiger partial charge in [-0.05, 0) is 36.8 Å². The second-order valence-corrected chi connectivity index (χ2v) is 5.69. The Morgan fingerprint density at radius 2 is 2.19 bits per heavy atom. The summed E-state index contributed by atoms with van der Waals surface area (Å²) in [4.78, 5) is 19.3. The van der Waals surface area contributed by atoms with E-state index in [1.54, 1.807) is 4.90 Å². The van der Waals surface area contributed by atoms with Crippen molar-refractivity contribution in [2.45, 2.75) is 44.4 Å². The standard InChI is InChI=1S/C16H22N2O3/c1-18(14-10-9-12-6-2-3-7-13(12)14)16(19)17-21-15-8-4-5-11-20-15/h2-3,6-7,14-15H,4-5,8-11H2,1H3,(H,17,19)/t14-,15+/m0/s1. The number of amides is 2. The van der Waals surface area contributed by atoms with Crippen LogP contribution >= 0.6 is 0 Å². The lowest BCUT2D eigenvalue weighted by Crippen LogP contribution is -2.41. The molecular formula is C16H22N2O3. The number of carbonyl (C=O) groups is 1. The van der Waals surface area contributed by atoms with Crippen LogP contribution in [0.15, 0.2) is 24.3 Å². The molecule has 2 atom stereocenters. The second kappa shape index (κ2) is 6.45. The van der Waals surface area contributed by atoms with E-state index in [1.807, 2.05) is 19.2 Å². The van der Waals surface area contributed by atoms with Crippen LogP contribution in [0, 0.1) is 0 Å². The van der Waals surface area contributed by atoms with Gasteiger partial charge in [-0.3, -0.25) is 0 Å². The number of urea groups is 1. The van der Waals surface area contributed by atoms with Crippen LogP contribution in [-0.2, 0) is 16.0 Å². The maximum atomic E-state index is 12.2. The van der Waals surface area contributed by atoms with Crippen LogP contribution in [-0.4, -0.2) is 30.9 Å². The zero-order chi connectivity index (χ0) is 14.7. The molecule has 114 valence electrons.